The molecule has 4 aromatic heterocycles. The van der Waals surface area contributed by atoms with Gasteiger partial charge >= 0.3 is 0 Å². The molecule has 0 atom stereocenters. The Morgan fingerprint density at radius 3 is 2.90 bits per heavy atom. The van der Waals surface area contributed by atoms with Crippen molar-refractivity contribution in [2.45, 2.75) is 19.9 Å². The molecule has 8 nitrogen and oxygen atoms in total. The van der Waals surface area contributed by atoms with E-state index in [1.165, 1.54) is 16.9 Å². The van der Waals surface area contributed by atoms with Crippen LogP contribution >= 0.6 is 11.6 Å². The first-order chi connectivity index (χ1) is 15.0. The molecule has 0 amide bonds. The molecular formula is C21H17ClFN7O. The molecule has 5 rings (SSSR count). The SMILES string of the molecule is Cc1cc2ncc(Cl)c(=O)n2nc1N1CCc2ncc(Nc3ccncc3F)cc2C1. The van der Waals surface area contributed by atoms with Crippen LogP contribution in [0.4, 0.5) is 21.6 Å². The minimum Gasteiger partial charge on any atom is -0.352 e. The Labute approximate surface area is 181 Å². The number of rotatable bonds is 3. The normalized spacial score (nSPS) is 13.3. The summed E-state index contributed by atoms with van der Waals surface area (Å²) >= 11 is 5.93. The van der Waals surface area contributed by atoms with Crippen molar-refractivity contribution in [1.29, 1.82) is 0 Å². The van der Waals surface area contributed by atoms with E-state index in [-0.39, 0.29) is 5.02 Å². The van der Waals surface area contributed by atoms with Crippen molar-refractivity contribution in [3.63, 3.8) is 0 Å². The van der Waals surface area contributed by atoms with E-state index in [4.69, 9.17) is 11.6 Å². The molecule has 5 heterocycles. The minimum absolute atomic E-state index is 0.0204. The monoisotopic (exact) mass is 437 g/mol. The Balaban J connectivity index is 1.48. The van der Waals surface area contributed by atoms with Crippen LogP contribution in [0.15, 0.2) is 47.8 Å². The molecule has 0 aromatic carbocycles. The van der Waals surface area contributed by atoms with Crippen LogP contribution in [0.5, 0.6) is 0 Å². The first-order valence-electron chi connectivity index (χ1n) is 9.64. The number of hydrogen-bond acceptors (Lipinski definition) is 7. The molecule has 0 aliphatic carbocycles. The van der Waals surface area contributed by atoms with Gasteiger partial charge in [0.25, 0.3) is 5.56 Å². The molecular weight excluding hydrogens is 421 g/mol. The fraction of sp³-hybridized carbons (Fsp3) is 0.190. The van der Waals surface area contributed by atoms with Gasteiger partial charge in [-0.3, -0.25) is 14.8 Å². The summed E-state index contributed by atoms with van der Waals surface area (Å²) < 4.78 is 15.2. The predicted molar refractivity (Wildman–Crippen MR) is 115 cm³/mol. The van der Waals surface area contributed by atoms with Gasteiger partial charge in [0, 0.05) is 31.4 Å². The predicted octanol–water partition coefficient (Wildman–Crippen LogP) is 3.29. The van der Waals surface area contributed by atoms with Crippen LogP contribution in [0.3, 0.4) is 0 Å². The van der Waals surface area contributed by atoms with Crippen LogP contribution in [0, 0.1) is 12.7 Å². The van der Waals surface area contributed by atoms with Crippen LogP contribution in [-0.2, 0) is 13.0 Å². The molecule has 4 aromatic rings. The van der Waals surface area contributed by atoms with E-state index < -0.39 is 11.4 Å². The summed E-state index contributed by atoms with van der Waals surface area (Å²) in [5.74, 6) is 0.249. The number of aromatic nitrogens is 5. The maximum atomic E-state index is 13.9. The maximum absolute atomic E-state index is 13.9. The Morgan fingerprint density at radius 1 is 1.19 bits per heavy atom. The molecule has 1 aliphatic heterocycles. The molecule has 0 radical (unpaired) electrons. The van der Waals surface area contributed by atoms with Crippen LogP contribution in [-0.4, -0.2) is 31.1 Å². The van der Waals surface area contributed by atoms with E-state index in [0.29, 0.717) is 35.9 Å². The number of nitrogens with one attached hydrogen (secondary N) is 1. The number of pyridine rings is 2. The van der Waals surface area contributed by atoms with Crippen molar-refractivity contribution < 1.29 is 4.39 Å². The third-order valence-corrected chi connectivity index (χ3v) is 5.47. The topological polar surface area (TPSA) is 88.3 Å². The summed E-state index contributed by atoms with van der Waals surface area (Å²) in [5, 5.41) is 7.59. The van der Waals surface area contributed by atoms with E-state index in [1.54, 1.807) is 12.3 Å². The molecule has 156 valence electrons. The van der Waals surface area contributed by atoms with Crippen LogP contribution in [0.1, 0.15) is 16.8 Å². The van der Waals surface area contributed by atoms with E-state index >= 15 is 0 Å². The highest BCUT2D eigenvalue weighted by Crippen LogP contribution is 2.27. The van der Waals surface area contributed by atoms with Gasteiger partial charge in [-0.15, -0.1) is 5.10 Å². The quantitative estimate of drug-likeness (QED) is 0.526. The smallest absolute Gasteiger partial charge is 0.293 e. The zero-order valence-corrected chi connectivity index (χ0v) is 17.3. The molecule has 0 saturated heterocycles. The maximum Gasteiger partial charge on any atom is 0.293 e. The van der Waals surface area contributed by atoms with Gasteiger partial charge in [-0.2, -0.15) is 4.52 Å². The molecule has 0 saturated carbocycles. The lowest BCUT2D eigenvalue weighted by Crippen LogP contribution is -2.33. The van der Waals surface area contributed by atoms with Gasteiger partial charge in [-0.05, 0) is 36.2 Å². The Morgan fingerprint density at radius 2 is 2.06 bits per heavy atom. The van der Waals surface area contributed by atoms with E-state index in [1.807, 2.05) is 19.1 Å². The van der Waals surface area contributed by atoms with Gasteiger partial charge in [0.15, 0.2) is 17.3 Å². The lowest BCUT2D eigenvalue weighted by atomic mass is 10.0. The van der Waals surface area contributed by atoms with Crippen LogP contribution < -0.4 is 15.8 Å². The molecule has 31 heavy (non-hydrogen) atoms. The van der Waals surface area contributed by atoms with Crippen molar-refractivity contribution in [3.8, 4) is 0 Å². The number of nitrogens with zero attached hydrogens (tertiary/aromatic N) is 6. The van der Waals surface area contributed by atoms with Crippen molar-refractivity contribution in [3.05, 3.63) is 81.0 Å². The van der Waals surface area contributed by atoms with E-state index in [9.17, 15) is 9.18 Å². The molecule has 0 unspecified atom stereocenters. The summed E-state index contributed by atoms with van der Waals surface area (Å²) in [5.41, 5.74) is 3.94. The highest BCUT2D eigenvalue weighted by atomic mass is 35.5. The van der Waals surface area contributed by atoms with Crippen LogP contribution in [0.2, 0.25) is 5.02 Å². The van der Waals surface area contributed by atoms with Crippen LogP contribution in [0.25, 0.3) is 5.65 Å². The molecule has 0 bridgehead atoms. The summed E-state index contributed by atoms with van der Waals surface area (Å²) in [6.45, 7) is 3.19. The Bertz CT molecular complexity index is 1370. The van der Waals surface area contributed by atoms with Gasteiger partial charge in [0.2, 0.25) is 0 Å². The minimum atomic E-state index is -0.435. The number of hydrogen-bond donors (Lipinski definition) is 1. The fourth-order valence-electron chi connectivity index (χ4n) is 3.68. The number of fused-ring (bicyclic) bond motifs is 2. The average molecular weight is 438 g/mol. The molecule has 1 N–H and O–H groups in total. The van der Waals surface area contributed by atoms with Crippen molar-refractivity contribution in [2.75, 3.05) is 16.8 Å². The molecule has 0 fully saturated rings. The summed E-state index contributed by atoms with van der Waals surface area (Å²) in [4.78, 5) is 26.9. The highest BCUT2D eigenvalue weighted by molar-refractivity contribution is 6.30. The number of halogens is 2. The third kappa shape index (κ3) is 3.57. The number of aryl methyl sites for hydroxylation is 1. The average Bonchev–Trinajstić information content (AvgIpc) is 2.77. The van der Waals surface area contributed by atoms with E-state index in [2.05, 4.69) is 30.3 Å². The van der Waals surface area contributed by atoms with Gasteiger partial charge in [-0.1, -0.05) is 11.6 Å². The van der Waals surface area contributed by atoms with E-state index in [0.717, 1.165) is 29.4 Å². The van der Waals surface area contributed by atoms with Gasteiger partial charge in [0.05, 0.1) is 30.0 Å². The van der Waals surface area contributed by atoms with Gasteiger partial charge < -0.3 is 10.2 Å². The molecule has 0 spiro atoms. The highest BCUT2D eigenvalue weighted by Gasteiger charge is 2.22. The third-order valence-electron chi connectivity index (χ3n) is 5.21. The zero-order chi connectivity index (χ0) is 21.5. The lowest BCUT2D eigenvalue weighted by molar-refractivity contribution is 0.625. The van der Waals surface area contributed by atoms with Crippen molar-refractivity contribution >= 4 is 34.4 Å². The number of anilines is 3. The van der Waals surface area contributed by atoms with Gasteiger partial charge in [-0.25, -0.2) is 9.37 Å². The summed E-state index contributed by atoms with van der Waals surface area (Å²) in [6.07, 6.45) is 6.44. The first kappa shape index (κ1) is 19.4. The zero-order valence-electron chi connectivity index (χ0n) is 16.5. The second-order valence-corrected chi connectivity index (χ2v) is 7.72. The Hall–Kier alpha value is -3.59. The molecule has 1 aliphatic rings. The summed E-state index contributed by atoms with van der Waals surface area (Å²) in [6, 6.07) is 5.34. The second-order valence-electron chi connectivity index (χ2n) is 7.31. The summed E-state index contributed by atoms with van der Waals surface area (Å²) in [7, 11) is 0. The van der Waals surface area contributed by atoms with Crippen molar-refractivity contribution in [2.24, 2.45) is 0 Å². The fourth-order valence-corrected chi connectivity index (χ4v) is 3.81. The van der Waals surface area contributed by atoms with Gasteiger partial charge in [0.1, 0.15) is 5.02 Å². The Kier molecular flexibility index (Phi) is 4.74. The lowest BCUT2D eigenvalue weighted by Gasteiger charge is -2.30. The second kappa shape index (κ2) is 7.59. The first-order valence-corrected chi connectivity index (χ1v) is 10.0. The molecule has 10 heteroatoms. The standard InChI is InChI=1S/C21H17ClFN7O/c1-12-6-19-26-9-15(22)21(31)30(19)28-20(12)29-5-3-17-13(11-29)7-14(8-25-17)27-18-2-4-24-10-16(18)23/h2,4,6-10H,3,5,11H2,1H3,(H,24,27). The van der Waals surface area contributed by atoms with Crippen molar-refractivity contribution in [1.82, 2.24) is 24.6 Å². The largest absolute Gasteiger partial charge is 0.352 e.